The molecule has 1 aliphatic rings. The van der Waals surface area contributed by atoms with E-state index in [2.05, 4.69) is 27.9 Å². The van der Waals surface area contributed by atoms with Crippen molar-refractivity contribution in [3.05, 3.63) is 52.1 Å². The monoisotopic (exact) mass is 436 g/mol. The van der Waals surface area contributed by atoms with Crippen LogP contribution in [0.25, 0.3) is 0 Å². The second kappa shape index (κ2) is 7.21. The quantitative estimate of drug-likeness (QED) is 0.749. The van der Waals surface area contributed by atoms with Gasteiger partial charge in [-0.2, -0.15) is 0 Å². The number of nitrogens with one attached hydrogen (secondary N) is 1. The number of benzene rings is 2. The van der Waals surface area contributed by atoms with Gasteiger partial charge in [0.1, 0.15) is 5.75 Å². The van der Waals surface area contributed by atoms with Gasteiger partial charge in [-0.15, -0.1) is 0 Å². The van der Waals surface area contributed by atoms with E-state index in [4.69, 9.17) is 4.74 Å². The number of carbonyl (C=O) groups excluding carboxylic acids is 2. The molecule has 2 amide bonds. The van der Waals surface area contributed by atoms with Crippen LogP contribution in [0.4, 0.5) is 11.4 Å². The summed E-state index contributed by atoms with van der Waals surface area (Å²) in [6, 6.07) is 14.9. The van der Waals surface area contributed by atoms with Crippen LogP contribution in [-0.2, 0) is 9.59 Å². The van der Waals surface area contributed by atoms with Crippen molar-refractivity contribution >= 4 is 45.8 Å². The number of methoxy groups -OCH3 is 1. The molecule has 1 aliphatic heterocycles. The molecule has 0 radical (unpaired) electrons. The maximum Gasteiger partial charge on any atom is 0.229 e. The van der Waals surface area contributed by atoms with Crippen LogP contribution in [0.5, 0.6) is 5.75 Å². The zero-order valence-electron chi connectivity index (χ0n) is 13.2. The molecule has 0 unspecified atom stereocenters. The van der Waals surface area contributed by atoms with Crippen molar-refractivity contribution in [3.63, 3.8) is 0 Å². The molecule has 0 aliphatic carbocycles. The summed E-state index contributed by atoms with van der Waals surface area (Å²) in [6.07, 6.45) is 0.216. The van der Waals surface area contributed by atoms with Crippen LogP contribution in [0, 0.1) is 9.49 Å². The predicted octanol–water partition coefficient (Wildman–Crippen LogP) is 3.29. The second-order valence-corrected chi connectivity index (χ2v) is 6.85. The molecule has 0 saturated carbocycles. The minimum Gasteiger partial charge on any atom is -0.497 e. The van der Waals surface area contributed by atoms with Crippen LogP contribution in [0.3, 0.4) is 0 Å². The Hall–Kier alpha value is -2.09. The zero-order chi connectivity index (χ0) is 17.1. The third-order valence-electron chi connectivity index (χ3n) is 3.97. The van der Waals surface area contributed by atoms with E-state index in [-0.39, 0.29) is 24.2 Å². The normalized spacial score (nSPS) is 17.0. The molecule has 1 N–H and O–H groups in total. The number of hydrogen-bond donors (Lipinski definition) is 1. The van der Waals surface area contributed by atoms with Gasteiger partial charge in [0.05, 0.1) is 13.0 Å². The average Bonchev–Trinajstić information content (AvgIpc) is 2.99. The number of nitrogens with zero attached hydrogens (tertiary/aromatic N) is 1. The minimum atomic E-state index is -0.358. The zero-order valence-corrected chi connectivity index (χ0v) is 15.3. The highest BCUT2D eigenvalue weighted by atomic mass is 127. The third kappa shape index (κ3) is 3.69. The Balaban J connectivity index is 1.69. The Morgan fingerprint density at radius 3 is 2.71 bits per heavy atom. The van der Waals surface area contributed by atoms with Crippen molar-refractivity contribution in [3.8, 4) is 5.75 Å². The molecule has 1 saturated heterocycles. The molecule has 2 aromatic carbocycles. The summed E-state index contributed by atoms with van der Waals surface area (Å²) in [7, 11) is 1.59. The van der Waals surface area contributed by atoms with Gasteiger partial charge in [-0.3, -0.25) is 9.59 Å². The lowest BCUT2D eigenvalue weighted by atomic mass is 10.1. The topological polar surface area (TPSA) is 58.6 Å². The van der Waals surface area contributed by atoms with Gasteiger partial charge in [0.2, 0.25) is 11.8 Å². The van der Waals surface area contributed by atoms with E-state index in [9.17, 15) is 9.59 Å². The maximum atomic E-state index is 12.4. The Labute approximate surface area is 154 Å². The fourth-order valence-corrected chi connectivity index (χ4v) is 3.05. The van der Waals surface area contributed by atoms with Crippen molar-refractivity contribution in [2.75, 3.05) is 23.9 Å². The van der Waals surface area contributed by atoms with Gasteiger partial charge in [-0.1, -0.05) is 6.07 Å². The summed E-state index contributed by atoms with van der Waals surface area (Å²) >= 11 is 2.21. The molecule has 0 spiro atoms. The number of rotatable bonds is 4. The van der Waals surface area contributed by atoms with E-state index >= 15 is 0 Å². The van der Waals surface area contributed by atoms with Gasteiger partial charge in [0.25, 0.3) is 0 Å². The molecule has 1 heterocycles. The number of ether oxygens (including phenoxy) is 1. The Bertz CT molecular complexity index is 761. The van der Waals surface area contributed by atoms with E-state index in [1.807, 2.05) is 42.5 Å². The van der Waals surface area contributed by atoms with Crippen LogP contribution in [0.15, 0.2) is 48.5 Å². The van der Waals surface area contributed by atoms with Gasteiger partial charge >= 0.3 is 0 Å². The van der Waals surface area contributed by atoms with Crippen molar-refractivity contribution in [1.82, 2.24) is 0 Å². The summed E-state index contributed by atoms with van der Waals surface area (Å²) < 4.78 is 6.30. The van der Waals surface area contributed by atoms with Crippen LogP contribution in [-0.4, -0.2) is 25.5 Å². The Morgan fingerprint density at radius 2 is 2.00 bits per heavy atom. The number of halogens is 1. The Kier molecular flexibility index (Phi) is 5.03. The molecular weight excluding hydrogens is 419 g/mol. The molecule has 2 aromatic rings. The van der Waals surface area contributed by atoms with Crippen molar-refractivity contribution < 1.29 is 14.3 Å². The van der Waals surface area contributed by atoms with E-state index in [0.29, 0.717) is 12.3 Å². The van der Waals surface area contributed by atoms with Crippen LogP contribution < -0.4 is 15.0 Å². The van der Waals surface area contributed by atoms with E-state index < -0.39 is 0 Å². The number of carbonyl (C=O) groups is 2. The van der Waals surface area contributed by atoms with E-state index in [0.717, 1.165) is 14.9 Å². The van der Waals surface area contributed by atoms with Crippen molar-refractivity contribution in [2.45, 2.75) is 6.42 Å². The number of anilines is 2. The SMILES string of the molecule is COc1cccc(N2C[C@H](C(=O)Nc3ccc(I)cc3)CC2=O)c1. The lowest BCUT2D eigenvalue weighted by molar-refractivity contribution is -0.122. The fourth-order valence-electron chi connectivity index (χ4n) is 2.69. The molecule has 24 heavy (non-hydrogen) atoms. The van der Waals surface area contributed by atoms with Gasteiger partial charge in [-0.25, -0.2) is 0 Å². The highest BCUT2D eigenvalue weighted by Crippen LogP contribution is 2.28. The largest absolute Gasteiger partial charge is 0.497 e. The maximum absolute atomic E-state index is 12.4. The molecular formula is C18H17IN2O3. The van der Waals surface area contributed by atoms with Crippen molar-refractivity contribution in [1.29, 1.82) is 0 Å². The molecule has 5 nitrogen and oxygen atoms in total. The van der Waals surface area contributed by atoms with E-state index in [1.165, 1.54) is 0 Å². The van der Waals surface area contributed by atoms with Crippen molar-refractivity contribution in [2.24, 2.45) is 5.92 Å². The summed E-state index contributed by atoms with van der Waals surface area (Å²) in [5.41, 5.74) is 1.50. The summed E-state index contributed by atoms with van der Waals surface area (Å²) in [6.45, 7) is 0.377. The highest BCUT2D eigenvalue weighted by molar-refractivity contribution is 14.1. The summed E-state index contributed by atoms with van der Waals surface area (Å²) in [5, 5.41) is 2.88. The molecule has 124 valence electrons. The second-order valence-electron chi connectivity index (χ2n) is 5.60. The standard InChI is InChI=1S/C18H17IN2O3/c1-24-16-4-2-3-15(10-16)21-11-12(9-17(21)22)18(23)20-14-7-5-13(19)6-8-14/h2-8,10,12H,9,11H2,1H3,(H,20,23)/t12-/m1/s1. The third-order valence-corrected chi connectivity index (χ3v) is 4.69. The minimum absolute atomic E-state index is 0.0500. The fraction of sp³-hybridized carbons (Fsp3) is 0.222. The van der Waals surface area contributed by atoms with Crippen LogP contribution in [0.1, 0.15) is 6.42 Å². The predicted molar refractivity (Wildman–Crippen MR) is 101 cm³/mol. The molecule has 6 heteroatoms. The average molecular weight is 436 g/mol. The first-order valence-corrected chi connectivity index (χ1v) is 8.65. The highest BCUT2D eigenvalue weighted by Gasteiger charge is 2.35. The van der Waals surface area contributed by atoms with E-state index in [1.54, 1.807) is 18.1 Å². The molecule has 0 aromatic heterocycles. The summed E-state index contributed by atoms with van der Waals surface area (Å²) in [4.78, 5) is 26.4. The molecule has 1 atom stereocenters. The van der Waals surface area contributed by atoms with Gasteiger partial charge in [0, 0.05) is 34.0 Å². The lowest BCUT2D eigenvalue weighted by Gasteiger charge is -2.17. The smallest absolute Gasteiger partial charge is 0.229 e. The van der Waals surface area contributed by atoms with Crippen LogP contribution >= 0.6 is 22.6 Å². The lowest BCUT2D eigenvalue weighted by Crippen LogP contribution is -2.28. The van der Waals surface area contributed by atoms with Gasteiger partial charge < -0.3 is 15.0 Å². The first-order valence-electron chi connectivity index (χ1n) is 7.57. The molecule has 0 bridgehead atoms. The first kappa shape index (κ1) is 16.8. The Morgan fingerprint density at radius 1 is 1.25 bits per heavy atom. The first-order chi connectivity index (χ1) is 11.6. The summed E-state index contributed by atoms with van der Waals surface area (Å²) in [5.74, 6) is 0.149. The molecule has 1 fully saturated rings. The number of hydrogen-bond acceptors (Lipinski definition) is 3. The van der Waals surface area contributed by atoms with Crippen LogP contribution in [0.2, 0.25) is 0 Å². The van der Waals surface area contributed by atoms with Gasteiger partial charge in [0.15, 0.2) is 0 Å². The molecule has 3 rings (SSSR count). The number of amides is 2. The van der Waals surface area contributed by atoms with Gasteiger partial charge in [-0.05, 0) is 59.0 Å².